The normalized spacial score (nSPS) is 10.7. The van der Waals surface area contributed by atoms with Crippen LogP contribution in [0.3, 0.4) is 0 Å². The van der Waals surface area contributed by atoms with Gasteiger partial charge in [-0.1, -0.05) is 0 Å². The van der Waals surface area contributed by atoms with Gasteiger partial charge in [0.2, 0.25) is 0 Å². The third-order valence-corrected chi connectivity index (χ3v) is 8.45. The van der Waals surface area contributed by atoms with Crippen LogP contribution in [-0.2, 0) is 4.79 Å². The number of anilines is 1. The van der Waals surface area contributed by atoms with Crippen LogP contribution in [0.4, 0.5) is 10.5 Å². The van der Waals surface area contributed by atoms with E-state index in [4.69, 9.17) is 0 Å². The number of benzene rings is 1. The summed E-state index contributed by atoms with van der Waals surface area (Å²) in [5, 5.41) is 2.70. The fourth-order valence-corrected chi connectivity index (χ4v) is 4.82. The van der Waals surface area contributed by atoms with E-state index < -0.39 is 24.4 Å². The topological polar surface area (TPSA) is 70.2 Å². The van der Waals surface area contributed by atoms with Crippen LogP contribution in [0.5, 0.6) is 0 Å². The van der Waals surface area contributed by atoms with Crippen LogP contribution in [0, 0.1) is 0 Å². The van der Waals surface area contributed by atoms with Gasteiger partial charge in [0.15, 0.2) is 0 Å². The second-order valence-electron chi connectivity index (χ2n) is 5.31. The molecule has 0 heterocycles. The number of urea groups is 1. The first-order valence-electron chi connectivity index (χ1n) is 6.29. The number of hydrogen-bond donors (Lipinski definition) is 3. The predicted octanol–water partition coefficient (Wildman–Crippen LogP) is 1.79. The molecule has 0 fully saturated rings. The number of carbonyl (C=O) groups excluding carboxylic acids is 2. The zero-order valence-corrected chi connectivity index (χ0v) is 14.7. The van der Waals surface area contributed by atoms with E-state index in [1.165, 1.54) is 3.58 Å². The summed E-state index contributed by atoms with van der Waals surface area (Å²) in [6, 6.07) is 7.46. The second-order valence-corrected chi connectivity index (χ2v) is 19.8. The van der Waals surface area contributed by atoms with E-state index in [-0.39, 0.29) is 5.91 Å². The maximum atomic E-state index is 11.6. The van der Waals surface area contributed by atoms with E-state index in [2.05, 4.69) is 37.1 Å². The van der Waals surface area contributed by atoms with Gasteiger partial charge in [-0.05, 0) is 0 Å². The molecule has 19 heavy (non-hydrogen) atoms. The Morgan fingerprint density at radius 1 is 1.16 bits per heavy atom. The average molecular weight is 370 g/mol. The molecule has 0 aromatic heterocycles. The Bertz CT molecular complexity index is 469. The first kappa shape index (κ1) is 15.8. The summed E-state index contributed by atoms with van der Waals surface area (Å²) in [6.07, 6.45) is 0.328. The molecule has 0 saturated heterocycles. The van der Waals surface area contributed by atoms with E-state index in [1.807, 2.05) is 18.2 Å². The molecule has 0 spiro atoms. The van der Waals surface area contributed by atoms with Crippen molar-refractivity contribution in [2.75, 3.05) is 5.32 Å². The Balaban J connectivity index is 2.62. The fourth-order valence-electron chi connectivity index (χ4n) is 1.44. The van der Waals surface area contributed by atoms with Crippen LogP contribution >= 0.6 is 0 Å². The number of rotatable bonds is 3. The zero-order chi connectivity index (χ0) is 14.5. The molecule has 104 valence electrons. The molecule has 5 nitrogen and oxygen atoms in total. The molecule has 3 N–H and O–H groups in total. The van der Waals surface area contributed by atoms with Crippen molar-refractivity contribution in [3.05, 3.63) is 24.3 Å². The Kier molecular flexibility index (Phi) is 5.65. The van der Waals surface area contributed by atoms with E-state index in [9.17, 15) is 9.59 Å². The van der Waals surface area contributed by atoms with Gasteiger partial charge in [0.05, 0.1) is 0 Å². The van der Waals surface area contributed by atoms with Crippen LogP contribution < -0.4 is 19.7 Å². The summed E-state index contributed by atoms with van der Waals surface area (Å²) in [4.78, 5) is 29.5. The summed E-state index contributed by atoms with van der Waals surface area (Å²) in [5.74, 6) is -0.227. The van der Waals surface area contributed by atoms with Crippen LogP contribution in [0.15, 0.2) is 24.3 Å². The summed E-state index contributed by atoms with van der Waals surface area (Å²) in [6.45, 7) is 1.72. The van der Waals surface area contributed by atoms with Crippen LogP contribution in [0.1, 0.15) is 13.3 Å². The summed E-state index contributed by atoms with van der Waals surface area (Å²) in [5.41, 5.74) is 5.36. The molecule has 0 unspecified atom stereocenters. The Hall–Kier alpha value is -1.24. The molecule has 0 atom stereocenters. The molecule has 0 aliphatic heterocycles. The van der Waals surface area contributed by atoms with E-state index in [0.717, 1.165) is 5.69 Å². The zero-order valence-electron chi connectivity index (χ0n) is 11.8. The molecule has 1 aromatic rings. The van der Waals surface area contributed by atoms with Crippen molar-refractivity contribution in [1.82, 2.24) is 10.9 Å². The first-order chi connectivity index (χ1) is 8.82. The molecule has 6 heteroatoms. The molecule has 0 saturated carbocycles. The molecule has 0 aliphatic carbocycles. The third kappa shape index (κ3) is 5.50. The molecule has 0 radical (unpaired) electrons. The van der Waals surface area contributed by atoms with Gasteiger partial charge in [-0.3, -0.25) is 0 Å². The van der Waals surface area contributed by atoms with Gasteiger partial charge in [-0.2, -0.15) is 0 Å². The van der Waals surface area contributed by atoms with Gasteiger partial charge < -0.3 is 0 Å². The molecular weight excluding hydrogens is 349 g/mol. The van der Waals surface area contributed by atoms with E-state index in [1.54, 1.807) is 6.92 Å². The average Bonchev–Trinajstić information content (AvgIpc) is 2.35. The van der Waals surface area contributed by atoms with Crippen molar-refractivity contribution < 1.29 is 9.59 Å². The number of carbonyl (C=O) groups is 2. The molecule has 0 bridgehead atoms. The second kappa shape index (κ2) is 6.79. The van der Waals surface area contributed by atoms with Crippen LogP contribution in [0.2, 0.25) is 14.8 Å². The Morgan fingerprint density at radius 3 is 2.42 bits per heavy atom. The summed E-state index contributed by atoms with van der Waals surface area (Å²) < 4.78 is 1.34. The number of hydrazine groups is 1. The SMILES string of the molecule is CCC(=O)NNC(=O)Nc1ccc[c]([Sn]([CH3])([CH3])[CH3])c1. The Morgan fingerprint density at radius 2 is 1.84 bits per heavy atom. The fraction of sp³-hybridized carbons (Fsp3) is 0.385. The molecule has 1 aromatic carbocycles. The summed E-state index contributed by atoms with van der Waals surface area (Å²) in [7, 11) is 0. The van der Waals surface area contributed by atoms with Gasteiger partial charge in [0.25, 0.3) is 0 Å². The van der Waals surface area contributed by atoms with E-state index >= 15 is 0 Å². The van der Waals surface area contributed by atoms with Gasteiger partial charge in [0, 0.05) is 0 Å². The molecular formula is C13H21N3O2Sn. The van der Waals surface area contributed by atoms with Gasteiger partial charge >= 0.3 is 118 Å². The standard InChI is InChI=1S/C10H12N3O2.3CH3.Sn/c1-2-9(14)12-13-10(15)11-8-6-4-3-5-7-8;;;;/h3-4,6-7H,2H2,1H3,(H,12,14)(H2,11,13,15);3*1H3;. The summed E-state index contributed by atoms with van der Waals surface area (Å²) >= 11 is -2.13. The monoisotopic (exact) mass is 371 g/mol. The first-order valence-corrected chi connectivity index (χ1v) is 16.3. The van der Waals surface area contributed by atoms with Crippen LogP contribution in [0.25, 0.3) is 0 Å². The van der Waals surface area contributed by atoms with Crippen molar-refractivity contribution in [1.29, 1.82) is 0 Å². The predicted molar refractivity (Wildman–Crippen MR) is 80.0 cm³/mol. The van der Waals surface area contributed by atoms with Crippen molar-refractivity contribution in [3.63, 3.8) is 0 Å². The third-order valence-electron chi connectivity index (χ3n) is 2.62. The quantitative estimate of drug-likeness (QED) is 0.561. The van der Waals surface area contributed by atoms with Crippen LogP contribution in [-0.4, -0.2) is 30.3 Å². The molecule has 0 aliphatic rings. The molecule has 1 rings (SSSR count). The number of hydrogen-bond acceptors (Lipinski definition) is 2. The maximum absolute atomic E-state index is 11.6. The Labute approximate surface area is 118 Å². The van der Waals surface area contributed by atoms with E-state index in [0.29, 0.717) is 6.42 Å². The van der Waals surface area contributed by atoms with Gasteiger partial charge in [-0.25, -0.2) is 0 Å². The van der Waals surface area contributed by atoms with Crippen molar-refractivity contribution in [2.24, 2.45) is 0 Å². The van der Waals surface area contributed by atoms with Gasteiger partial charge in [-0.15, -0.1) is 0 Å². The minimum absolute atomic E-state index is 0.227. The van der Waals surface area contributed by atoms with Crippen molar-refractivity contribution in [3.8, 4) is 0 Å². The van der Waals surface area contributed by atoms with Crippen molar-refractivity contribution >= 4 is 39.6 Å². The van der Waals surface area contributed by atoms with Crippen molar-refractivity contribution in [2.45, 2.75) is 28.2 Å². The molecule has 3 amide bonds. The minimum atomic E-state index is -2.13. The number of amides is 3. The van der Waals surface area contributed by atoms with Gasteiger partial charge in [0.1, 0.15) is 0 Å². The number of nitrogens with one attached hydrogen (secondary N) is 3.